The van der Waals surface area contributed by atoms with Crippen molar-refractivity contribution in [1.82, 2.24) is 4.98 Å². The molecule has 2 N–H and O–H groups in total. The van der Waals surface area contributed by atoms with Crippen LogP contribution < -0.4 is 0 Å². The van der Waals surface area contributed by atoms with E-state index >= 15 is 0 Å². The summed E-state index contributed by atoms with van der Waals surface area (Å²) in [5.74, 6) is -0.616. The number of nitrogens with one attached hydrogen (secondary N) is 1. The highest BCUT2D eigenvalue weighted by Crippen LogP contribution is 2.34. The van der Waals surface area contributed by atoms with Crippen LogP contribution in [0.3, 0.4) is 0 Å². The van der Waals surface area contributed by atoms with E-state index in [1.807, 2.05) is 0 Å². The van der Waals surface area contributed by atoms with E-state index in [4.69, 9.17) is 5.11 Å². The molecule has 2 rings (SSSR count). The van der Waals surface area contributed by atoms with Crippen LogP contribution in [0, 0.1) is 0 Å². The molecule has 19 heavy (non-hydrogen) atoms. The molecule has 0 saturated carbocycles. The molecule has 1 aromatic carbocycles. The molecule has 0 aliphatic rings. The fourth-order valence-electron chi connectivity index (χ4n) is 1.78. The molecule has 4 nitrogen and oxygen atoms in total. The van der Waals surface area contributed by atoms with Gasteiger partial charge in [0.05, 0.1) is 22.8 Å². The maximum absolute atomic E-state index is 12.7. The molecular weight excluding hydrogens is 283 g/mol. The quantitative estimate of drug-likeness (QED) is 0.908. The molecule has 0 bridgehead atoms. The Balaban J connectivity index is 2.75. The van der Waals surface area contributed by atoms with E-state index in [1.165, 1.54) is 12.3 Å². The Labute approximate surface area is 106 Å². The van der Waals surface area contributed by atoms with E-state index in [1.54, 1.807) is 0 Å². The van der Waals surface area contributed by atoms with Gasteiger partial charge in [-0.25, -0.2) is 8.42 Å². The standard InChI is InChI=1S/C11H10F3NO3S/c12-11(13,14)7-5-9-8(1-2-15-9)10(6-7)19(17,18)4-3-16/h1-2,5-6,15-16H,3-4H2. The summed E-state index contributed by atoms with van der Waals surface area (Å²) in [5.41, 5.74) is -0.953. The zero-order valence-electron chi connectivity index (χ0n) is 9.53. The minimum absolute atomic E-state index is 0.0892. The predicted molar refractivity (Wildman–Crippen MR) is 62.4 cm³/mol. The smallest absolute Gasteiger partial charge is 0.395 e. The Morgan fingerprint density at radius 3 is 2.53 bits per heavy atom. The number of hydrogen-bond acceptors (Lipinski definition) is 3. The van der Waals surface area contributed by atoms with Crippen LogP contribution in [0.2, 0.25) is 0 Å². The first-order valence-electron chi connectivity index (χ1n) is 5.27. The van der Waals surface area contributed by atoms with Crippen molar-refractivity contribution in [3.63, 3.8) is 0 Å². The minimum atomic E-state index is -4.64. The van der Waals surface area contributed by atoms with E-state index in [9.17, 15) is 21.6 Å². The van der Waals surface area contributed by atoms with Crippen molar-refractivity contribution in [1.29, 1.82) is 0 Å². The highest BCUT2D eigenvalue weighted by atomic mass is 32.2. The Kier molecular flexibility index (Phi) is 3.31. The highest BCUT2D eigenvalue weighted by molar-refractivity contribution is 7.91. The third-order valence-corrected chi connectivity index (χ3v) is 4.38. The first-order valence-corrected chi connectivity index (χ1v) is 6.93. The van der Waals surface area contributed by atoms with Crippen LogP contribution in [-0.4, -0.2) is 30.9 Å². The van der Waals surface area contributed by atoms with Gasteiger partial charge in [-0.1, -0.05) is 0 Å². The van der Waals surface area contributed by atoms with Crippen LogP contribution in [0.1, 0.15) is 5.56 Å². The molecule has 0 saturated heterocycles. The van der Waals surface area contributed by atoms with Crippen molar-refractivity contribution in [2.75, 3.05) is 12.4 Å². The molecule has 0 aliphatic carbocycles. The van der Waals surface area contributed by atoms with Gasteiger partial charge in [-0.05, 0) is 18.2 Å². The van der Waals surface area contributed by atoms with Crippen LogP contribution >= 0.6 is 0 Å². The summed E-state index contributed by atoms with van der Waals surface area (Å²) < 4.78 is 61.9. The van der Waals surface area contributed by atoms with Gasteiger partial charge in [0.2, 0.25) is 0 Å². The molecule has 0 radical (unpaired) electrons. The van der Waals surface area contributed by atoms with Gasteiger partial charge in [-0.2, -0.15) is 13.2 Å². The van der Waals surface area contributed by atoms with Gasteiger partial charge < -0.3 is 10.1 Å². The Morgan fingerprint density at radius 1 is 1.26 bits per heavy atom. The molecule has 1 heterocycles. The second kappa shape index (κ2) is 4.53. The number of H-pyrrole nitrogens is 1. The normalized spacial score (nSPS) is 13.1. The van der Waals surface area contributed by atoms with Crippen LogP contribution in [-0.2, 0) is 16.0 Å². The molecular formula is C11H10F3NO3S. The summed E-state index contributed by atoms with van der Waals surface area (Å²) in [7, 11) is -3.96. The predicted octanol–water partition coefficient (Wildman–Crippen LogP) is 1.95. The number of halogens is 3. The summed E-state index contributed by atoms with van der Waals surface area (Å²) >= 11 is 0. The Morgan fingerprint density at radius 2 is 1.95 bits per heavy atom. The third kappa shape index (κ3) is 2.59. The average molecular weight is 293 g/mol. The second-order valence-corrected chi connectivity index (χ2v) is 6.03. The van der Waals surface area contributed by atoms with Crippen LogP contribution in [0.5, 0.6) is 0 Å². The van der Waals surface area contributed by atoms with Gasteiger partial charge in [0.15, 0.2) is 9.84 Å². The lowest BCUT2D eigenvalue weighted by atomic mass is 10.1. The topological polar surface area (TPSA) is 70.2 Å². The van der Waals surface area contributed by atoms with E-state index in [-0.39, 0.29) is 10.9 Å². The number of alkyl halides is 3. The van der Waals surface area contributed by atoms with Gasteiger partial charge in [0.1, 0.15) is 0 Å². The molecule has 8 heteroatoms. The van der Waals surface area contributed by atoms with Crippen LogP contribution in [0.4, 0.5) is 13.2 Å². The summed E-state index contributed by atoms with van der Waals surface area (Å²) in [6, 6.07) is 2.84. The van der Waals surface area contributed by atoms with Gasteiger partial charge >= 0.3 is 6.18 Å². The fraction of sp³-hybridized carbons (Fsp3) is 0.273. The SMILES string of the molecule is O=S(=O)(CCO)c1cc(C(F)(F)F)cc2[nH]ccc12. The summed E-state index contributed by atoms with van der Waals surface area (Å²) in [6.45, 7) is -0.648. The lowest BCUT2D eigenvalue weighted by molar-refractivity contribution is -0.137. The van der Waals surface area contributed by atoms with E-state index in [0.717, 1.165) is 6.07 Å². The number of rotatable bonds is 3. The largest absolute Gasteiger partial charge is 0.416 e. The average Bonchev–Trinajstić information content (AvgIpc) is 2.73. The van der Waals surface area contributed by atoms with Crippen LogP contribution in [0.15, 0.2) is 29.3 Å². The Hall–Kier alpha value is -1.54. The summed E-state index contributed by atoms with van der Waals surface area (Å²) in [4.78, 5) is 2.14. The molecule has 2 aromatic rings. The lowest BCUT2D eigenvalue weighted by Gasteiger charge is -2.10. The number of aromatic amines is 1. The molecule has 0 atom stereocenters. The van der Waals surface area contributed by atoms with Gasteiger partial charge in [-0.15, -0.1) is 0 Å². The number of hydrogen-bond donors (Lipinski definition) is 2. The van der Waals surface area contributed by atoms with Gasteiger partial charge in [0, 0.05) is 17.1 Å². The Bertz CT molecular complexity index is 704. The first-order chi connectivity index (χ1) is 8.75. The van der Waals surface area contributed by atoms with E-state index in [0.29, 0.717) is 6.07 Å². The van der Waals surface area contributed by atoms with E-state index < -0.39 is 38.8 Å². The van der Waals surface area contributed by atoms with Crippen molar-refractivity contribution in [3.05, 3.63) is 30.0 Å². The number of sulfone groups is 1. The zero-order chi connectivity index (χ0) is 14.3. The maximum Gasteiger partial charge on any atom is 0.416 e. The van der Waals surface area contributed by atoms with Crippen LogP contribution in [0.25, 0.3) is 10.9 Å². The number of aromatic nitrogens is 1. The van der Waals surface area contributed by atoms with Gasteiger partial charge in [0.25, 0.3) is 0 Å². The fourth-order valence-corrected chi connectivity index (χ4v) is 3.06. The van der Waals surface area contributed by atoms with Crippen molar-refractivity contribution in [2.24, 2.45) is 0 Å². The zero-order valence-corrected chi connectivity index (χ0v) is 10.3. The van der Waals surface area contributed by atoms with Crippen molar-refractivity contribution >= 4 is 20.7 Å². The molecule has 104 valence electrons. The van der Waals surface area contributed by atoms with E-state index in [2.05, 4.69) is 4.98 Å². The molecule has 0 spiro atoms. The maximum atomic E-state index is 12.7. The first kappa shape index (κ1) is 13.9. The third-order valence-electron chi connectivity index (χ3n) is 2.65. The molecule has 1 aromatic heterocycles. The minimum Gasteiger partial charge on any atom is -0.395 e. The second-order valence-electron chi connectivity index (χ2n) is 3.95. The number of benzene rings is 1. The number of aliphatic hydroxyl groups is 1. The summed E-state index contributed by atoms with van der Waals surface area (Å²) in [6.07, 6.45) is -3.27. The number of aliphatic hydroxyl groups excluding tert-OH is 1. The highest BCUT2D eigenvalue weighted by Gasteiger charge is 2.33. The van der Waals surface area contributed by atoms with Crippen molar-refractivity contribution < 1.29 is 26.7 Å². The van der Waals surface area contributed by atoms with Gasteiger partial charge in [-0.3, -0.25) is 0 Å². The molecule has 0 fully saturated rings. The number of fused-ring (bicyclic) bond motifs is 1. The monoisotopic (exact) mass is 293 g/mol. The molecule has 0 amide bonds. The lowest BCUT2D eigenvalue weighted by Crippen LogP contribution is -2.13. The molecule has 0 aliphatic heterocycles. The summed E-state index contributed by atoms with van der Waals surface area (Å²) in [5, 5.41) is 8.89. The van der Waals surface area contributed by atoms with Crippen molar-refractivity contribution in [2.45, 2.75) is 11.1 Å². The molecule has 0 unspecified atom stereocenters. The van der Waals surface area contributed by atoms with Crippen molar-refractivity contribution in [3.8, 4) is 0 Å².